The molecular weight excluding hydrogens is 561 g/mol. The standard InChI is InChI=1S/C31H41F3N4O3Si/c1-29(2,3)40-28(39)38-20-24(41-42(7,8)30(4,5)6)18-26(38)27-36-15-16-37(27)19-21-13-14-35-25(17-21)22-9-11-23(12-10-22)31(32,33)34/h9-17,24,26H,18-20H2,1-8H3/t24-,26+/m1/s1. The zero-order chi connectivity index (χ0) is 31.1. The first-order valence-electron chi connectivity index (χ1n) is 14.1. The summed E-state index contributed by atoms with van der Waals surface area (Å²) in [7, 11) is -2.10. The third-order valence-corrected chi connectivity index (χ3v) is 12.4. The number of aromatic nitrogens is 3. The van der Waals surface area contributed by atoms with Gasteiger partial charge >= 0.3 is 12.3 Å². The molecule has 1 aromatic carbocycles. The molecule has 2 atom stereocenters. The number of alkyl halides is 3. The van der Waals surface area contributed by atoms with Crippen molar-refractivity contribution in [3.05, 3.63) is 71.9 Å². The quantitative estimate of drug-likeness (QED) is 0.267. The maximum absolute atomic E-state index is 13.4. The van der Waals surface area contributed by atoms with Gasteiger partial charge in [0.25, 0.3) is 0 Å². The van der Waals surface area contributed by atoms with Crippen molar-refractivity contribution in [2.75, 3.05) is 6.54 Å². The van der Waals surface area contributed by atoms with Crippen LogP contribution >= 0.6 is 0 Å². The third kappa shape index (κ3) is 7.41. The monoisotopic (exact) mass is 602 g/mol. The van der Waals surface area contributed by atoms with Crippen LogP contribution in [0.2, 0.25) is 18.1 Å². The van der Waals surface area contributed by atoms with E-state index in [-0.39, 0.29) is 17.2 Å². The number of likely N-dealkylation sites (tertiary alicyclic amines) is 1. The minimum atomic E-state index is -4.40. The summed E-state index contributed by atoms with van der Waals surface area (Å²) in [6.07, 6.45) is 0.859. The molecule has 0 radical (unpaired) electrons. The van der Waals surface area contributed by atoms with Gasteiger partial charge in [0, 0.05) is 43.7 Å². The Bertz CT molecular complexity index is 1390. The van der Waals surface area contributed by atoms with E-state index in [0.29, 0.717) is 30.8 Å². The van der Waals surface area contributed by atoms with Crippen molar-refractivity contribution < 1.29 is 27.1 Å². The van der Waals surface area contributed by atoms with Crippen molar-refractivity contribution in [2.24, 2.45) is 0 Å². The molecule has 1 aliphatic heterocycles. The van der Waals surface area contributed by atoms with Gasteiger partial charge in [0.15, 0.2) is 8.32 Å². The summed E-state index contributed by atoms with van der Waals surface area (Å²) in [5, 5.41) is 0.0203. The molecule has 7 nitrogen and oxygen atoms in total. The predicted octanol–water partition coefficient (Wildman–Crippen LogP) is 8.08. The molecule has 0 spiro atoms. The minimum Gasteiger partial charge on any atom is -0.444 e. The molecular formula is C31H41F3N4O3Si. The van der Waals surface area contributed by atoms with Crippen LogP contribution in [0.25, 0.3) is 11.3 Å². The van der Waals surface area contributed by atoms with Gasteiger partial charge < -0.3 is 13.7 Å². The zero-order valence-electron chi connectivity index (χ0n) is 25.6. The largest absolute Gasteiger partial charge is 0.444 e. The number of rotatable bonds is 6. The molecule has 2 aromatic heterocycles. The number of benzene rings is 1. The number of pyridine rings is 1. The summed E-state index contributed by atoms with van der Waals surface area (Å²) in [4.78, 5) is 24.1. The maximum atomic E-state index is 13.4. The van der Waals surface area contributed by atoms with E-state index in [1.54, 1.807) is 17.3 Å². The van der Waals surface area contributed by atoms with Crippen LogP contribution in [0.5, 0.6) is 0 Å². The molecule has 0 saturated carbocycles. The fourth-order valence-corrected chi connectivity index (χ4v) is 6.11. The van der Waals surface area contributed by atoms with E-state index in [0.717, 1.165) is 23.5 Å². The van der Waals surface area contributed by atoms with Crippen LogP contribution in [0.4, 0.5) is 18.0 Å². The lowest BCUT2D eigenvalue weighted by molar-refractivity contribution is -0.137. The summed E-state index contributed by atoms with van der Waals surface area (Å²) in [6, 6.07) is 8.35. The first-order valence-corrected chi connectivity index (χ1v) is 17.1. The maximum Gasteiger partial charge on any atom is 0.416 e. The number of amides is 1. The zero-order valence-corrected chi connectivity index (χ0v) is 26.6. The molecule has 4 rings (SSSR count). The highest BCUT2D eigenvalue weighted by Gasteiger charge is 2.46. The Morgan fingerprint density at radius 2 is 1.67 bits per heavy atom. The van der Waals surface area contributed by atoms with E-state index in [2.05, 4.69) is 43.8 Å². The Balaban J connectivity index is 1.59. The van der Waals surface area contributed by atoms with Crippen LogP contribution in [0, 0.1) is 0 Å². The highest BCUT2D eigenvalue weighted by molar-refractivity contribution is 6.74. The number of carbonyl (C=O) groups excluding carboxylic acids is 1. The molecule has 0 unspecified atom stereocenters. The summed E-state index contributed by atoms with van der Waals surface area (Å²) >= 11 is 0. The second kappa shape index (κ2) is 11.5. The number of halogens is 3. The summed E-state index contributed by atoms with van der Waals surface area (Å²) in [5.74, 6) is 0.718. The van der Waals surface area contributed by atoms with Gasteiger partial charge in [-0.15, -0.1) is 0 Å². The molecule has 3 aromatic rings. The van der Waals surface area contributed by atoms with Gasteiger partial charge in [-0.3, -0.25) is 9.88 Å². The highest BCUT2D eigenvalue weighted by Crippen LogP contribution is 2.41. The molecule has 0 N–H and O–H groups in total. The molecule has 1 amide bonds. The smallest absolute Gasteiger partial charge is 0.416 e. The number of hydrogen-bond donors (Lipinski definition) is 0. The summed E-state index contributed by atoms with van der Waals surface area (Å²) in [5.41, 5.74) is 0.707. The Morgan fingerprint density at radius 3 is 2.26 bits per heavy atom. The lowest BCUT2D eigenvalue weighted by Gasteiger charge is -2.38. The van der Waals surface area contributed by atoms with Crippen molar-refractivity contribution >= 4 is 14.4 Å². The Hall–Kier alpha value is -3.18. The normalized spacial score (nSPS) is 18.4. The van der Waals surface area contributed by atoms with Gasteiger partial charge in [-0.2, -0.15) is 13.2 Å². The first-order chi connectivity index (χ1) is 19.3. The fourth-order valence-electron chi connectivity index (χ4n) is 4.75. The lowest BCUT2D eigenvalue weighted by atomic mass is 10.1. The van der Waals surface area contributed by atoms with E-state index >= 15 is 0 Å². The van der Waals surface area contributed by atoms with Crippen molar-refractivity contribution in [1.82, 2.24) is 19.4 Å². The van der Waals surface area contributed by atoms with Gasteiger partial charge in [-0.1, -0.05) is 32.9 Å². The van der Waals surface area contributed by atoms with Gasteiger partial charge in [0.1, 0.15) is 11.4 Å². The Kier molecular flexibility index (Phi) is 8.68. The Morgan fingerprint density at radius 1 is 1.00 bits per heavy atom. The van der Waals surface area contributed by atoms with E-state index in [9.17, 15) is 18.0 Å². The number of nitrogens with zero attached hydrogens (tertiary/aromatic N) is 4. The average Bonchev–Trinajstić information content (AvgIpc) is 3.48. The predicted molar refractivity (Wildman–Crippen MR) is 158 cm³/mol. The topological polar surface area (TPSA) is 69.5 Å². The molecule has 11 heteroatoms. The number of ether oxygens (including phenoxy) is 1. The molecule has 228 valence electrons. The van der Waals surface area contributed by atoms with E-state index in [1.165, 1.54) is 12.1 Å². The molecule has 3 heterocycles. The molecule has 0 aliphatic carbocycles. The number of hydrogen-bond acceptors (Lipinski definition) is 5. The molecule has 42 heavy (non-hydrogen) atoms. The lowest BCUT2D eigenvalue weighted by Crippen LogP contribution is -2.45. The molecule has 1 fully saturated rings. The summed E-state index contributed by atoms with van der Waals surface area (Å²) in [6.45, 7) is 17.4. The third-order valence-electron chi connectivity index (χ3n) is 7.89. The van der Waals surface area contributed by atoms with E-state index < -0.39 is 31.8 Å². The van der Waals surface area contributed by atoms with E-state index in [1.807, 2.05) is 43.7 Å². The van der Waals surface area contributed by atoms with Crippen LogP contribution in [0.1, 0.15) is 71.0 Å². The fraction of sp³-hybridized carbons (Fsp3) is 0.516. The number of carbonyl (C=O) groups is 1. The Labute approximate surface area is 247 Å². The summed E-state index contributed by atoms with van der Waals surface area (Å²) < 4.78 is 53.5. The van der Waals surface area contributed by atoms with Crippen LogP contribution < -0.4 is 0 Å². The minimum absolute atomic E-state index is 0.0203. The average molecular weight is 603 g/mol. The van der Waals surface area contributed by atoms with Crippen LogP contribution in [0.3, 0.4) is 0 Å². The number of imidazole rings is 1. The molecule has 0 bridgehead atoms. The molecule has 1 saturated heterocycles. The van der Waals surface area contributed by atoms with E-state index in [4.69, 9.17) is 9.16 Å². The van der Waals surface area contributed by atoms with Crippen molar-refractivity contribution in [3.8, 4) is 11.3 Å². The SMILES string of the molecule is CC(C)(C)OC(=O)N1C[C@H](O[Si](C)(C)C(C)(C)C)C[C@H]1c1nccn1Cc1ccnc(-c2ccc(C(F)(F)F)cc2)c1. The second-order valence-corrected chi connectivity index (χ2v) is 18.2. The van der Waals surface area contributed by atoms with Gasteiger partial charge in [-0.25, -0.2) is 9.78 Å². The first kappa shape index (κ1) is 31.7. The van der Waals surface area contributed by atoms with Crippen LogP contribution in [-0.4, -0.2) is 52.1 Å². The van der Waals surface area contributed by atoms with Crippen LogP contribution in [0.15, 0.2) is 55.0 Å². The highest BCUT2D eigenvalue weighted by atomic mass is 28.4. The molecule has 1 aliphatic rings. The van der Waals surface area contributed by atoms with Gasteiger partial charge in [0.2, 0.25) is 0 Å². The van der Waals surface area contributed by atoms with Crippen molar-refractivity contribution in [1.29, 1.82) is 0 Å². The van der Waals surface area contributed by atoms with Gasteiger partial charge in [-0.05, 0) is 68.7 Å². The second-order valence-electron chi connectivity index (χ2n) is 13.4. The van der Waals surface area contributed by atoms with Crippen LogP contribution in [-0.2, 0) is 21.9 Å². The van der Waals surface area contributed by atoms with Crippen molar-refractivity contribution in [3.63, 3.8) is 0 Å². The van der Waals surface area contributed by atoms with Crippen molar-refractivity contribution in [2.45, 2.75) is 96.6 Å². The van der Waals surface area contributed by atoms with Gasteiger partial charge in [0.05, 0.1) is 23.4 Å².